The topological polar surface area (TPSA) is 47.6 Å². The van der Waals surface area contributed by atoms with Gasteiger partial charge in [0.05, 0.1) is 7.11 Å². The predicted octanol–water partition coefficient (Wildman–Crippen LogP) is 3.60. The number of hydrogen-bond acceptors (Lipinski definition) is 3. The summed E-state index contributed by atoms with van der Waals surface area (Å²) in [6.45, 7) is 2.19. The SMILES string of the molecule is COC(=O)Nc1ccc(OCC#Cc2ccccc2)cc1C. The number of benzene rings is 2. The van der Waals surface area contributed by atoms with E-state index in [1.807, 2.05) is 43.3 Å². The maximum absolute atomic E-state index is 11.2. The van der Waals surface area contributed by atoms with Gasteiger partial charge in [-0.15, -0.1) is 0 Å². The van der Waals surface area contributed by atoms with E-state index < -0.39 is 6.09 Å². The lowest BCUT2D eigenvalue weighted by Crippen LogP contribution is -2.11. The van der Waals surface area contributed by atoms with Crippen LogP contribution in [0, 0.1) is 18.8 Å². The van der Waals surface area contributed by atoms with Crippen LogP contribution in [-0.4, -0.2) is 19.8 Å². The van der Waals surface area contributed by atoms with E-state index in [1.54, 1.807) is 12.1 Å². The molecule has 0 saturated heterocycles. The Kier molecular flexibility index (Phi) is 5.44. The number of aryl methyl sites for hydroxylation is 1. The molecule has 0 fully saturated rings. The Labute approximate surface area is 130 Å². The Morgan fingerprint density at radius 2 is 1.95 bits per heavy atom. The van der Waals surface area contributed by atoms with E-state index >= 15 is 0 Å². The first-order valence-electron chi connectivity index (χ1n) is 6.81. The normalized spacial score (nSPS) is 9.36. The summed E-state index contributed by atoms with van der Waals surface area (Å²) in [5.74, 6) is 6.69. The lowest BCUT2D eigenvalue weighted by Gasteiger charge is -2.09. The summed E-state index contributed by atoms with van der Waals surface area (Å²) in [4.78, 5) is 11.2. The Morgan fingerprint density at radius 1 is 1.18 bits per heavy atom. The van der Waals surface area contributed by atoms with Crippen LogP contribution in [0.4, 0.5) is 10.5 Å². The number of nitrogens with one attached hydrogen (secondary N) is 1. The number of anilines is 1. The lowest BCUT2D eigenvalue weighted by molar-refractivity contribution is 0.187. The lowest BCUT2D eigenvalue weighted by atomic mass is 10.2. The molecular weight excluding hydrogens is 278 g/mol. The Balaban J connectivity index is 1.93. The third-order valence-electron chi connectivity index (χ3n) is 2.94. The van der Waals surface area contributed by atoms with Crippen molar-refractivity contribution in [3.8, 4) is 17.6 Å². The largest absolute Gasteiger partial charge is 0.481 e. The fourth-order valence-electron chi connectivity index (χ4n) is 1.81. The van der Waals surface area contributed by atoms with Gasteiger partial charge in [0.1, 0.15) is 12.4 Å². The number of carbonyl (C=O) groups excluding carboxylic acids is 1. The van der Waals surface area contributed by atoms with Gasteiger partial charge in [-0.25, -0.2) is 4.79 Å². The average molecular weight is 295 g/mol. The highest BCUT2D eigenvalue weighted by Gasteiger charge is 2.04. The van der Waals surface area contributed by atoms with Crippen molar-refractivity contribution in [2.75, 3.05) is 19.0 Å². The molecule has 0 unspecified atom stereocenters. The van der Waals surface area contributed by atoms with Crippen LogP contribution in [-0.2, 0) is 4.74 Å². The molecule has 0 heterocycles. The zero-order valence-corrected chi connectivity index (χ0v) is 12.6. The summed E-state index contributed by atoms with van der Waals surface area (Å²) < 4.78 is 10.1. The van der Waals surface area contributed by atoms with Gasteiger partial charge >= 0.3 is 6.09 Å². The first kappa shape index (κ1) is 15.5. The van der Waals surface area contributed by atoms with Gasteiger partial charge in [-0.3, -0.25) is 5.32 Å². The molecule has 0 aromatic heterocycles. The van der Waals surface area contributed by atoms with Crippen LogP contribution < -0.4 is 10.1 Å². The van der Waals surface area contributed by atoms with Gasteiger partial charge in [0.2, 0.25) is 0 Å². The zero-order chi connectivity index (χ0) is 15.8. The van der Waals surface area contributed by atoms with Crippen molar-refractivity contribution in [3.05, 3.63) is 59.7 Å². The second kappa shape index (κ2) is 7.75. The summed E-state index contributed by atoms with van der Waals surface area (Å²) in [5.41, 5.74) is 2.54. The molecular formula is C18H17NO3. The summed E-state index contributed by atoms with van der Waals surface area (Å²) in [6.07, 6.45) is -0.495. The van der Waals surface area contributed by atoms with Gasteiger partial charge in [-0.05, 0) is 42.8 Å². The molecule has 22 heavy (non-hydrogen) atoms. The quantitative estimate of drug-likeness (QED) is 0.880. The van der Waals surface area contributed by atoms with Crippen molar-refractivity contribution in [3.63, 3.8) is 0 Å². The highest BCUT2D eigenvalue weighted by atomic mass is 16.5. The van der Waals surface area contributed by atoms with Crippen LogP contribution in [0.5, 0.6) is 5.75 Å². The van der Waals surface area contributed by atoms with E-state index in [0.717, 1.165) is 11.1 Å². The van der Waals surface area contributed by atoms with Crippen molar-refractivity contribution in [2.45, 2.75) is 6.92 Å². The highest BCUT2D eigenvalue weighted by molar-refractivity contribution is 5.85. The number of ether oxygens (including phenoxy) is 2. The third kappa shape index (κ3) is 4.57. The molecule has 4 heteroatoms. The Morgan fingerprint density at radius 3 is 2.64 bits per heavy atom. The van der Waals surface area contributed by atoms with E-state index in [0.29, 0.717) is 18.0 Å². The molecule has 0 aliphatic rings. The molecule has 0 atom stereocenters. The maximum atomic E-state index is 11.2. The minimum absolute atomic E-state index is 0.304. The molecule has 2 aromatic carbocycles. The predicted molar refractivity (Wildman–Crippen MR) is 86.0 cm³/mol. The van der Waals surface area contributed by atoms with Gasteiger partial charge in [0.15, 0.2) is 0 Å². The third-order valence-corrected chi connectivity index (χ3v) is 2.94. The summed E-state index contributed by atoms with van der Waals surface area (Å²) in [5, 5.41) is 2.63. The van der Waals surface area contributed by atoms with Crippen LogP contribution >= 0.6 is 0 Å². The van der Waals surface area contributed by atoms with Crippen LogP contribution in [0.1, 0.15) is 11.1 Å². The number of amides is 1. The molecule has 2 rings (SSSR count). The molecule has 4 nitrogen and oxygen atoms in total. The number of rotatable bonds is 3. The van der Waals surface area contributed by atoms with Crippen LogP contribution in [0.15, 0.2) is 48.5 Å². The second-order valence-electron chi connectivity index (χ2n) is 4.55. The van der Waals surface area contributed by atoms with Crippen molar-refractivity contribution in [1.29, 1.82) is 0 Å². The maximum Gasteiger partial charge on any atom is 0.411 e. The van der Waals surface area contributed by atoms with Gasteiger partial charge in [-0.1, -0.05) is 30.0 Å². The first-order valence-corrected chi connectivity index (χ1v) is 6.81. The van der Waals surface area contributed by atoms with Gasteiger partial charge in [0, 0.05) is 11.3 Å². The van der Waals surface area contributed by atoms with Crippen molar-refractivity contribution < 1.29 is 14.3 Å². The molecule has 0 aliphatic carbocycles. The molecule has 0 aliphatic heterocycles. The average Bonchev–Trinajstić information content (AvgIpc) is 2.55. The number of hydrogen-bond donors (Lipinski definition) is 1. The fourth-order valence-corrected chi connectivity index (χ4v) is 1.81. The van der Waals surface area contributed by atoms with E-state index in [-0.39, 0.29) is 0 Å². The van der Waals surface area contributed by atoms with E-state index in [1.165, 1.54) is 7.11 Å². The van der Waals surface area contributed by atoms with Gasteiger partial charge < -0.3 is 9.47 Å². The fraction of sp³-hybridized carbons (Fsp3) is 0.167. The van der Waals surface area contributed by atoms with E-state index in [9.17, 15) is 4.79 Å². The van der Waals surface area contributed by atoms with E-state index in [2.05, 4.69) is 21.9 Å². The molecule has 112 valence electrons. The molecule has 1 amide bonds. The van der Waals surface area contributed by atoms with Crippen LogP contribution in [0.25, 0.3) is 0 Å². The Bertz CT molecular complexity index is 699. The van der Waals surface area contributed by atoms with Crippen LogP contribution in [0.3, 0.4) is 0 Å². The monoisotopic (exact) mass is 295 g/mol. The number of carbonyl (C=O) groups is 1. The van der Waals surface area contributed by atoms with Crippen LogP contribution in [0.2, 0.25) is 0 Å². The minimum Gasteiger partial charge on any atom is -0.481 e. The van der Waals surface area contributed by atoms with Gasteiger partial charge in [-0.2, -0.15) is 0 Å². The molecule has 0 bridgehead atoms. The minimum atomic E-state index is -0.495. The molecule has 1 N–H and O–H groups in total. The molecule has 2 aromatic rings. The van der Waals surface area contributed by atoms with Crippen molar-refractivity contribution in [1.82, 2.24) is 0 Å². The summed E-state index contributed by atoms with van der Waals surface area (Å²) in [7, 11) is 1.33. The first-order chi connectivity index (χ1) is 10.7. The molecule has 0 spiro atoms. The molecule has 0 saturated carbocycles. The summed E-state index contributed by atoms with van der Waals surface area (Å²) in [6, 6.07) is 15.1. The van der Waals surface area contributed by atoms with Crippen molar-refractivity contribution >= 4 is 11.8 Å². The standard InChI is InChI=1S/C18H17NO3/c1-14-13-16(10-11-17(14)19-18(20)21-2)22-12-6-9-15-7-4-3-5-8-15/h3-5,7-8,10-11,13H,12H2,1-2H3,(H,19,20). The summed E-state index contributed by atoms with van der Waals surface area (Å²) >= 11 is 0. The zero-order valence-electron chi connectivity index (χ0n) is 12.6. The molecule has 0 radical (unpaired) electrons. The smallest absolute Gasteiger partial charge is 0.411 e. The Hall–Kier alpha value is -2.93. The second-order valence-corrected chi connectivity index (χ2v) is 4.55. The highest BCUT2D eigenvalue weighted by Crippen LogP contribution is 2.21. The van der Waals surface area contributed by atoms with Crippen molar-refractivity contribution in [2.24, 2.45) is 0 Å². The van der Waals surface area contributed by atoms with Gasteiger partial charge in [0.25, 0.3) is 0 Å². The number of methoxy groups -OCH3 is 1. The van der Waals surface area contributed by atoms with E-state index in [4.69, 9.17) is 4.74 Å².